The predicted molar refractivity (Wildman–Crippen MR) is 85.2 cm³/mol. The van der Waals surface area contributed by atoms with Crippen LogP contribution < -0.4 is 10.6 Å². The van der Waals surface area contributed by atoms with Crippen molar-refractivity contribution < 1.29 is 14.3 Å². The second-order valence-corrected chi connectivity index (χ2v) is 7.38. The van der Waals surface area contributed by atoms with Gasteiger partial charge in [-0.1, -0.05) is 26.8 Å². The number of aliphatic hydroxyl groups excluding tert-OH is 1. The molecule has 2 rings (SSSR count). The van der Waals surface area contributed by atoms with E-state index >= 15 is 0 Å². The maximum absolute atomic E-state index is 13.2. The maximum atomic E-state index is 13.2. The number of hydrogen-bond acceptors (Lipinski definition) is 2. The molecule has 0 unspecified atom stereocenters. The number of carbonyl (C=O) groups is 1. The first-order chi connectivity index (χ1) is 10.2. The van der Waals surface area contributed by atoms with Crippen LogP contribution in [0.2, 0.25) is 0 Å². The third-order valence-corrected chi connectivity index (χ3v) is 4.22. The molecule has 0 aromatic heterocycles. The summed E-state index contributed by atoms with van der Waals surface area (Å²) in [5, 5.41) is 15.4. The molecule has 0 heterocycles. The number of aliphatic hydroxyl groups is 1. The number of carbonyl (C=O) groups excluding carboxylic acids is 1. The Labute approximate surface area is 131 Å². The first-order valence-electron chi connectivity index (χ1n) is 7.69. The summed E-state index contributed by atoms with van der Waals surface area (Å²) in [5.41, 5.74) is -0.167. The fraction of sp³-hybridized carbons (Fsp3) is 0.588. The van der Waals surface area contributed by atoms with E-state index in [-0.39, 0.29) is 12.0 Å². The summed E-state index contributed by atoms with van der Waals surface area (Å²) in [6.07, 6.45) is 2.53. The molecule has 0 bridgehead atoms. The van der Waals surface area contributed by atoms with E-state index in [0.717, 1.165) is 19.3 Å². The minimum absolute atomic E-state index is 0.0620. The van der Waals surface area contributed by atoms with Crippen molar-refractivity contribution in [1.82, 2.24) is 5.32 Å². The second kappa shape index (κ2) is 6.24. The van der Waals surface area contributed by atoms with E-state index in [0.29, 0.717) is 11.6 Å². The predicted octanol–water partition coefficient (Wildman–Crippen LogP) is 3.52. The molecule has 0 radical (unpaired) electrons. The number of rotatable bonds is 3. The number of halogens is 1. The van der Waals surface area contributed by atoms with Crippen molar-refractivity contribution in [1.29, 1.82) is 0 Å². The quantitative estimate of drug-likeness (QED) is 0.800. The molecule has 1 saturated carbocycles. The van der Waals surface area contributed by atoms with Gasteiger partial charge in [0, 0.05) is 5.69 Å². The zero-order chi connectivity index (χ0) is 16.4. The van der Waals surface area contributed by atoms with Gasteiger partial charge in [-0.3, -0.25) is 0 Å². The smallest absolute Gasteiger partial charge is 0.319 e. The van der Waals surface area contributed by atoms with Crippen LogP contribution in [0.3, 0.4) is 0 Å². The molecular weight excluding hydrogens is 283 g/mol. The lowest BCUT2D eigenvalue weighted by Gasteiger charge is -2.47. The first kappa shape index (κ1) is 16.7. The van der Waals surface area contributed by atoms with Crippen molar-refractivity contribution in [2.45, 2.75) is 45.6 Å². The molecule has 22 heavy (non-hydrogen) atoms. The lowest BCUT2D eigenvalue weighted by atomic mass is 9.64. The van der Waals surface area contributed by atoms with Crippen LogP contribution in [-0.2, 0) is 0 Å². The minimum atomic E-state index is -0.626. The molecule has 2 atom stereocenters. The van der Waals surface area contributed by atoms with Gasteiger partial charge in [0.15, 0.2) is 0 Å². The van der Waals surface area contributed by atoms with Gasteiger partial charge in [-0.2, -0.15) is 0 Å². The highest BCUT2D eigenvalue weighted by atomic mass is 19.1. The number of anilines is 1. The summed E-state index contributed by atoms with van der Waals surface area (Å²) < 4.78 is 13.2. The number of amides is 2. The van der Waals surface area contributed by atoms with Crippen molar-refractivity contribution in [3.63, 3.8) is 0 Å². The van der Waals surface area contributed by atoms with E-state index in [9.17, 15) is 14.3 Å². The third-order valence-electron chi connectivity index (χ3n) is 4.22. The molecule has 1 aliphatic rings. The van der Waals surface area contributed by atoms with E-state index in [1.165, 1.54) is 12.1 Å². The summed E-state index contributed by atoms with van der Waals surface area (Å²) in [4.78, 5) is 12.2. The molecule has 1 fully saturated rings. The van der Waals surface area contributed by atoms with Gasteiger partial charge in [0.2, 0.25) is 0 Å². The lowest BCUT2D eigenvalue weighted by molar-refractivity contribution is 0.0446. The molecule has 0 spiro atoms. The van der Waals surface area contributed by atoms with Gasteiger partial charge in [0.05, 0.1) is 12.1 Å². The molecule has 1 aromatic carbocycles. The highest BCUT2D eigenvalue weighted by Gasteiger charge is 2.43. The first-order valence-corrected chi connectivity index (χ1v) is 7.69. The van der Waals surface area contributed by atoms with Crippen molar-refractivity contribution >= 4 is 11.7 Å². The van der Waals surface area contributed by atoms with Crippen LogP contribution in [0, 0.1) is 17.2 Å². The lowest BCUT2D eigenvalue weighted by Crippen LogP contribution is -2.58. The van der Waals surface area contributed by atoms with E-state index in [4.69, 9.17) is 0 Å². The zero-order valence-electron chi connectivity index (χ0n) is 13.4. The van der Waals surface area contributed by atoms with E-state index < -0.39 is 17.4 Å². The van der Waals surface area contributed by atoms with E-state index in [2.05, 4.69) is 31.4 Å². The minimum Gasteiger partial charge on any atom is -0.394 e. The molecule has 5 heteroatoms. The van der Waals surface area contributed by atoms with Crippen LogP contribution in [0.4, 0.5) is 14.9 Å². The highest BCUT2D eigenvalue weighted by molar-refractivity contribution is 5.89. The van der Waals surface area contributed by atoms with Crippen molar-refractivity contribution in [3.05, 3.63) is 30.1 Å². The number of benzene rings is 1. The van der Waals surface area contributed by atoms with Crippen LogP contribution in [0.15, 0.2) is 24.3 Å². The molecule has 2 amide bonds. The van der Waals surface area contributed by atoms with Crippen LogP contribution in [-0.4, -0.2) is 23.3 Å². The third kappa shape index (κ3) is 4.19. The number of nitrogens with one attached hydrogen (secondary N) is 2. The van der Waals surface area contributed by atoms with Gasteiger partial charge < -0.3 is 15.7 Å². The van der Waals surface area contributed by atoms with Crippen LogP contribution >= 0.6 is 0 Å². The van der Waals surface area contributed by atoms with Crippen molar-refractivity contribution in [3.8, 4) is 0 Å². The van der Waals surface area contributed by atoms with Gasteiger partial charge in [-0.25, -0.2) is 9.18 Å². The number of urea groups is 1. The normalized spacial score (nSPS) is 27.2. The summed E-state index contributed by atoms with van der Waals surface area (Å²) >= 11 is 0. The molecule has 3 N–H and O–H groups in total. The molecule has 1 aliphatic carbocycles. The fourth-order valence-electron chi connectivity index (χ4n) is 3.97. The molecule has 1 aromatic rings. The maximum Gasteiger partial charge on any atom is 0.319 e. The fourth-order valence-corrected chi connectivity index (χ4v) is 3.97. The Kier molecular flexibility index (Phi) is 4.75. The summed E-state index contributed by atoms with van der Waals surface area (Å²) in [5.74, 6) is 0.0208. The summed E-state index contributed by atoms with van der Waals surface area (Å²) in [6, 6.07) is 5.34. The molecule has 0 saturated heterocycles. The van der Waals surface area contributed by atoms with Crippen LogP contribution in [0.25, 0.3) is 0 Å². The van der Waals surface area contributed by atoms with Gasteiger partial charge in [0.1, 0.15) is 5.82 Å². The van der Waals surface area contributed by atoms with E-state index in [1.54, 1.807) is 12.1 Å². The average molecular weight is 308 g/mol. The van der Waals surface area contributed by atoms with Gasteiger partial charge >= 0.3 is 6.03 Å². The van der Waals surface area contributed by atoms with E-state index in [1.807, 2.05) is 0 Å². The Morgan fingerprint density at radius 3 is 2.73 bits per heavy atom. The topological polar surface area (TPSA) is 61.4 Å². The Balaban J connectivity index is 2.07. The SMILES string of the molecule is C[C@@H]1CC(C)(C)C[C@@](CO)(NC(=O)Nc2cccc(F)c2)C1. The second-order valence-electron chi connectivity index (χ2n) is 7.38. The van der Waals surface area contributed by atoms with Gasteiger partial charge in [-0.15, -0.1) is 0 Å². The molecule has 4 nitrogen and oxygen atoms in total. The Bertz CT molecular complexity index is 547. The average Bonchev–Trinajstić information content (AvgIpc) is 2.35. The summed E-state index contributed by atoms with van der Waals surface area (Å²) in [7, 11) is 0. The van der Waals surface area contributed by atoms with Gasteiger partial charge in [-0.05, 0) is 48.8 Å². The highest BCUT2D eigenvalue weighted by Crippen LogP contribution is 2.43. The molecule has 122 valence electrons. The largest absolute Gasteiger partial charge is 0.394 e. The molecular formula is C17H25FN2O2. The van der Waals surface area contributed by atoms with Crippen LogP contribution in [0.5, 0.6) is 0 Å². The zero-order valence-corrected chi connectivity index (χ0v) is 13.4. The van der Waals surface area contributed by atoms with Crippen molar-refractivity contribution in [2.24, 2.45) is 11.3 Å². The van der Waals surface area contributed by atoms with Gasteiger partial charge in [0.25, 0.3) is 0 Å². The van der Waals surface area contributed by atoms with Crippen molar-refractivity contribution in [2.75, 3.05) is 11.9 Å². The van der Waals surface area contributed by atoms with Crippen LogP contribution in [0.1, 0.15) is 40.0 Å². The monoisotopic (exact) mass is 308 g/mol. The number of hydrogen-bond donors (Lipinski definition) is 3. The Hall–Kier alpha value is -1.62. The molecule has 0 aliphatic heterocycles. The Morgan fingerprint density at radius 2 is 2.14 bits per heavy atom. The summed E-state index contributed by atoms with van der Waals surface area (Å²) in [6.45, 7) is 6.34. The Morgan fingerprint density at radius 1 is 1.41 bits per heavy atom. The standard InChI is InChI=1S/C17H25FN2O2/c1-12-8-16(2,3)10-17(9-12,11-21)20-15(22)19-14-6-4-5-13(18)7-14/h4-7,12,21H,8-11H2,1-3H3,(H2,19,20,22)/t12-,17+/m1/s1.